The first-order valence-electron chi connectivity index (χ1n) is 4.50. The standard InChI is InChI=1S/C11H11FO4/c1-15-10-5-9(12)7(3-8(10)6-13)4-11(14)16-2/h3,5-6H,4H2,1-2H3. The van der Waals surface area contributed by atoms with E-state index in [-0.39, 0.29) is 23.3 Å². The minimum atomic E-state index is -0.604. The number of esters is 1. The molecule has 4 nitrogen and oxygen atoms in total. The molecule has 1 rings (SSSR count). The number of hydrogen-bond acceptors (Lipinski definition) is 4. The minimum absolute atomic E-state index is 0.106. The summed E-state index contributed by atoms with van der Waals surface area (Å²) in [5.74, 6) is -1.03. The summed E-state index contributed by atoms with van der Waals surface area (Å²) in [5.41, 5.74) is 0.303. The molecule has 0 saturated heterocycles. The molecule has 0 fully saturated rings. The molecule has 0 atom stereocenters. The molecule has 0 saturated carbocycles. The van der Waals surface area contributed by atoms with Gasteiger partial charge in [-0.25, -0.2) is 4.39 Å². The average molecular weight is 226 g/mol. The van der Waals surface area contributed by atoms with Crippen molar-refractivity contribution in [3.8, 4) is 5.75 Å². The fraction of sp³-hybridized carbons (Fsp3) is 0.273. The van der Waals surface area contributed by atoms with Crippen LogP contribution in [0.25, 0.3) is 0 Å². The Hall–Kier alpha value is -1.91. The van der Waals surface area contributed by atoms with E-state index in [1.807, 2.05) is 0 Å². The van der Waals surface area contributed by atoms with E-state index in [0.717, 1.165) is 6.07 Å². The number of aldehydes is 1. The van der Waals surface area contributed by atoms with Crippen molar-refractivity contribution in [1.82, 2.24) is 0 Å². The summed E-state index contributed by atoms with van der Waals surface area (Å²) >= 11 is 0. The van der Waals surface area contributed by atoms with Gasteiger partial charge >= 0.3 is 5.97 Å². The van der Waals surface area contributed by atoms with Crippen molar-refractivity contribution in [2.24, 2.45) is 0 Å². The van der Waals surface area contributed by atoms with Gasteiger partial charge in [0.05, 0.1) is 26.2 Å². The minimum Gasteiger partial charge on any atom is -0.496 e. The fourth-order valence-corrected chi connectivity index (χ4v) is 1.25. The molecule has 0 spiro atoms. The lowest BCUT2D eigenvalue weighted by atomic mass is 10.1. The summed E-state index contributed by atoms with van der Waals surface area (Å²) in [4.78, 5) is 21.7. The van der Waals surface area contributed by atoms with E-state index in [9.17, 15) is 14.0 Å². The van der Waals surface area contributed by atoms with Gasteiger partial charge in [0.25, 0.3) is 0 Å². The number of methoxy groups -OCH3 is 2. The topological polar surface area (TPSA) is 52.6 Å². The van der Waals surface area contributed by atoms with Gasteiger partial charge < -0.3 is 9.47 Å². The number of benzene rings is 1. The molecule has 0 amide bonds. The predicted octanol–water partition coefficient (Wildman–Crippen LogP) is 1.36. The van der Waals surface area contributed by atoms with Crippen molar-refractivity contribution < 1.29 is 23.5 Å². The van der Waals surface area contributed by atoms with E-state index >= 15 is 0 Å². The maximum Gasteiger partial charge on any atom is 0.310 e. The summed E-state index contributed by atoms with van der Waals surface area (Å²) in [5, 5.41) is 0. The SMILES string of the molecule is COC(=O)Cc1cc(C=O)c(OC)cc1F. The van der Waals surface area contributed by atoms with Crippen LogP contribution in [0.1, 0.15) is 15.9 Å². The van der Waals surface area contributed by atoms with Crippen LogP contribution in [0.2, 0.25) is 0 Å². The van der Waals surface area contributed by atoms with Crippen molar-refractivity contribution in [2.75, 3.05) is 14.2 Å². The van der Waals surface area contributed by atoms with E-state index in [1.165, 1.54) is 20.3 Å². The number of hydrogen-bond donors (Lipinski definition) is 0. The van der Waals surface area contributed by atoms with Crippen LogP contribution in [0.5, 0.6) is 5.75 Å². The molecule has 0 heterocycles. The summed E-state index contributed by atoms with van der Waals surface area (Å²) in [6, 6.07) is 2.35. The normalized spacial score (nSPS) is 9.69. The fourth-order valence-electron chi connectivity index (χ4n) is 1.25. The second-order valence-corrected chi connectivity index (χ2v) is 3.06. The molecule has 0 N–H and O–H groups in total. The van der Waals surface area contributed by atoms with E-state index < -0.39 is 11.8 Å². The Bertz CT molecular complexity index is 415. The number of rotatable bonds is 4. The van der Waals surface area contributed by atoms with Crippen molar-refractivity contribution in [3.05, 3.63) is 29.1 Å². The summed E-state index contributed by atoms with van der Waals surface area (Å²) in [6.07, 6.45) is 0.326. The third-order valence-corrected chi connectivity index (χ3v) is 2.09. The second-order valence-electron chi connectivity index (χ2n) is 3.06. The van der Waals surface area contributed by atoms with Crippen LogP contribution in [0.4, 0.5) is 4.39 Å². The van der Waals surface area contributed by atoms with Crippen LogP contribution in [0.15, 0.2) is 12.1 Å². The van der Waals surface area contributed by atoms with E-state index in [1.54, 1.807) is 0 Å². The Morgan fingerprint density at radius 3 is 2.62 bits per heavy atom. The molecule has 0 aromatic heterocycles. The Kier molecular flexibility index (Phi) is 3.99. The molecule has 0 aliphatic carbocycles. The maximum absolute atomic E-state index is 13.4. The van der Waals surface area contributed by atoms with Gasteiger partial charge in [-0.1, -0.05) is 0 Å². The third kappa shape index (κ3) is 2.56. The quantitative estimate of drug-likeness (QED) is 0.574. The number of halogens is 1. The molecule has 0 radical (unpaired) electrons. The number of carbonyl (C=O) groups is 2. The maximum atomic E-state index is 13.4. The molecule has 0 aliphatic rings. The van der Waals surface area contributed by atoms with Crippen LogP contribution in [0.3, 0.4) is 0 Å². The van der Waals surface area contributed by atoms with Gasteiger partial charge in [0, 0.05) is 6.07 Å². The van der Waals surface area contributed by atoms with Gasteiger partial charge in [0.2, 0.25) is 0 Å². The Morgan fingerprint density at radius 1 is 1.44 bits per heavy atom. The summed E-state index contributed by atoms with van der Waals surface area (Å²) in [6.45, 7) is 0. The molecule has 1 aromatic rings. The van der Waals surface area contributed by atoms with Crippen LogP contribution in [-0.4, -0.2) is 26.5 Å². The second kappa shape index (κ2) is 5.25. The summed E-state index contributed by atoms with van der Waals surface area (Å²) < 4.78 is 22.7. The predicted molar refractivity (Wildman–Crippen MR) is 54.1 cm³/mol. The highest BCUT2D eigenvalue weighted by molar-refractivity contribution is 5.81. The highest BCUT2D eigenvalue weighted by atomic mass is 19.1. The summed E-state index contributed by atoms with van der Waals surface area (Å²) in [7, 11) is 2.55. The monoisotopic (exact) mass is 226 g/mol. The number of ether oxygens (including phenoxy) is 2. The molecule has 1 aromatic carbocycles. The molecule has 0 bridgehead atoms. The first-order valence-corrected chi connectivity index (χ1v) is 4.50. The van der Waals surface area contributed by atoms with Crippen LogP contribution in [0, 0.1) is 5.82 Å². The molecule has 0 aliphatic heterocycles. The molecule has 0 unspecified atom stereocenters. The highest BCUT2D eigenvalue weighted by Crippen LogP contribution is 2.21. The third-order valence-electron chi connectivity index (χ3n) is 2.09. The molecular formula is C11H11FO4. The first kappa shape index (κ1) is 12.2. The van der Waals surface area contributed by atoms with Crippen molar-refractivity contribution in [2.45, 2.75) is 6.42 Å². The van der Waals surface area contributed by atoms with Gasteiger partial charge in [0.15, 0.2) is 6.29 Å². The zero-order chi connectivity index (χ0) is 12.1. The van der Waals surface area contributed by atoms with Crippen LogP contribution < -0.4 is 4.74 Å². The van der Waals surface area contributed by atoms with E-state index in [4.69, 9.17) is 4.74 Å². The van der Waals surface area contributed by atoms with E-state index in [2.05, 4.69) is 4.74 Å². The largest absolute Gasteiger partial charge is 0.496 e. The molecular weight excluding hydrogens is 215 g/mol. The Morgan fingerprint density at radius 2 is 2.12 bits per heavy atom. The zero-order valence-electron chi connectivity index (χ0n) is 8.95. The van der Waals surface area contributed by atoms with Crippen LogP contribution >= 0.6 is 0 Å². The van der Waals surface area contributed by atoms with Gasteiger partial charge in [-0.05, 0) is 11.6 Å². The first-order chi connectivity index (χ1) is 7.62. The highest BCUT2D eigenvalue weighted by Gasteiger charge is 2.13. The van der Waals surface area contributed by atoms with Crippen LogP contribution in [-0.2, 0) is 16.0 Å². The van der Waals surface area contributed by atoms with Crippen molar-refractivity contribution >= 4 is 12.3 Å². The molecule has 86 valence electrons. The smallest absolute Gasteiger partial charge is 0.310 e. The Balaban J connectivity index is 3.11. The molecule has 16 heavy (non-hydrogen) atoms. The van der Waals surface area contributed by atoms with Crippen molar-refractivity contribution in [3.63, 3.8) is 0 Å². The average Bonchev–Trinajstić information content (AvgIpc) is 2.30. The molecule has 5 heteroatoms. The lowest BCUT2D eigenvalue weighted by Gasteiger charge is -2.07. The Labute approximate surface area is 92.0 Å². The lowest BCUT2D eigenvalue weighted by molar-refractivity contribution is -0.139. The van der Waals surface area contributed by atoms with Crippen molar-refractivity contribution in [1.29, 1.82) is 0 Å². The van der Waals surface area contributed by atoms with Gasteiger partial charge in [-0.15, -0.1) is 0 Å². The van der Waals surface area contributed by atoms with Gasteiger partial charge in [0.1, 0.15) is 11.6 Å². The zero-order valence-corrected chi connectivity index (χ0v) is 8.95. The van der Waals surface area contributed by atoms with Gasteiger partial charge in [-0.3, -0.25) is 9.59 Å². The lowest BCUT2D eigenvalue weighted by Crippen LogP contribution is -2.07. The van der Waals surface area contributed by atoms with E-state index in [0.29, 0.717) is 6.29 Å². The van der Waals surface area contributed by atoms with Gasteiger partial charge in [-0.2, -0.15) is 0 Å². The number of carbonyl (C=O) groups excluding carboxylic acids is 2.